The summed E-state index contributed by atoms with van der Waals surface area (Å²) >= 11 is 0. The van der Waals surface area contributed by atoms with Crippen LogP contribution in [-0.2, 0) is 30.4 Å². The van der Waals surface area contributed by atoms with Crippen molar-refractivity contribution in [3.8, 4) is 0 Å². The van der Waals surface area contributed by atoms with Crippen LogP contribution in [-0.4, -0.2) is 63.8 Å². The Bertz CT molecular complexity index is 570. The Labute approximate surface area is 164 Å². The van der Waals surface area contributed by atoms with Gasteiger partial charge in [0.15, 0.2) is 0 Å². The molecule has 0 spiro atoms. The Morgan fingerprint density at radius 1 is 1.07 bits per heavy atom. The summed E-state index contributed by atoms with van der Waals surface area (Å²) in [6.07, 6.45) is 0.306. The van der Waals surface area contributed by atoms with Crippen LogP contribution in [0.25, 0.3) is 0 Å². The van der Waals surface area contributed by atoms with Gasteiger partial charge in [-0.25, -0.2) is 4.79 Å². The smallest absolute Gasteiger partial charge is 0.408 e. The SMILES string of the molecule is NCCOCCOCCNC(=O)C(CCC=O)NC(=O)OCc1ccccc1. The third-order valence-corrected chi connectivity index (χ3v) is 3.57. The number of nitrogens with one attached hydrogen (secondary N) is 2. The number of carbonyl (C=O) groups excluding carboxylic acids is 3. The monoisotopic (exact) mass is 395 g/mol. The van der Waals surface area contributed by atoms with Crippen molar-refractivity contribution in [1.29, 1.82) is 0 Å². The van der Waals surface area contributed by atoms with Crippen molar-refractivity contribution < 1.29 is 28.6 Å². The van der Waals surface area contributed by atoms with Gasteiger partial charge in [-0.3, -0.25) is 4.79 Å². The van der Waals surface area contributed by atoms with E-state index < -0.39 is 18.0 Å². The number of rotatable bonds is 15. The van der Waals surface area contributed by atoms with Gasteiger partial charge in [0.05, 0.1) is 26.4 Å². The lowest BCUT2D eigenvalue weighted by atomic mass is 10.1. The summed E-state index contributed by atoms with van der Waals surface area (Å²) in [7, 11) is 0. The van der Waals surface area contributed by atoms with Gasteiger partial charge in [-0.05, 0) is 12.0 Å². The maximum Gasteiger partial charge on any atom is 0.408 e. The zero-order chi connectivity index (χ0) is 20.5. The molecule has 0 aromatic heterocycles. The van der Waals surface area contributed by atoms with Crippen LogP contribution in [0.15, 0.2) is 30.3 Å². The zero-order valence-electron chi connectivity index (χ0n) is 15.9. The molecule has 0 aliphatic rings. The first-order valence-corrected chi connectivity index (χ1v) is 9.21. The number of aldehydes is 1. The van der Waals surface area contributed by atoms with Crippen LogP contribution >= 0.6 is 0 Å². The van der Waals surface area contributed by atoms with Gasteiger partial charge >= 0.3 is 6.09 Å². The van der Waals surface area contributed by atoms with E-state index in [9.17, 15) is 14.4 Å². The molecule has 1 unspecified atom stereocenters. The zero-order valence-corrected chi connectivity index (χ0v) is 15.9. The number of carbonyl (C=O) groups is 3. The van der Waals surface area contributed by atoms with Crippen molar-refractivity contribution in [2.24, 2.45) is 5.73 Å². The molecule has 0 aliphatic heterocycles. The summed E-state index contributed by atoms with van der Waals surface area (Å²) in [5, 5.41) is 5.15. The summed E-state index contributed by atoms with van der Waals surface area (Å²) in [5.41, 5.74) is 6.13. The second-order valence-electron chi connectivity index (χ2n) is 5.81. The highest BCUT2D eigenvalue weighted by atomic mass is 16.5. The molecule has 1 aromatic carbocycles. The van der Waals surface area contributed by atoms with Gasteiger partial charge in [0.2, 0.25) is 5.91 Å². The highest BCUT2D eigenvalue weighted by Gasteiger charge is 2.20. The molecule has 0 radical (unpaired) electrons. The van der Waals surface area contributed by atoms with Crippen LogP contribution < -0.4 is 16.4 Å². The Morgan fingerprint density at radius 3 is 2.46 bits per heavy atom. The third kappa shape index (κ3) is 11.3. The number of hydrogen-bond donors (Lipinski definition) is 3. The first-order valence-electron chi connectivity index (χ1n) is 9.21. The fourth-order valence-electron chi connectivity index (χ4n) is 2.19. The van der Waals surface area contributed by atoms with E-state index in [1.54, 1.807) is 0 Å². The minimum Gasteiger partial charge on any atom is -0.445 e. The van der Waals surface area contributed by atoms with E-state index in [1.807, 2.05) is 30.3 Å². The first-order chi connectivity index (χ1) is 13.7. The van der Waals surface area contributed by atoms with E-state index in [4.69, 9.17) is 19.9 Å². The molecule has 1 rings (SSSR count). The third-order valence-electron chi connectivity index (χ3n) is 3.57. The van der Waals surface area contributed by atoms with Gasteiger partial charge in [0.1, 0.15) is 18.9 Å². The molecule has 0 heterocycles. The van der Waals surface area contributed by atoms with Gasteiger partial charge in [-0.15, -0.1) is 0 Å². The average Bonchev–Trinajstić information content (AvgIpc) is 2.72. The quantitative estimate of drug-likeness (QED) is 0.289. The van der Waals surface area contributed by atoms with Crippen molar-refractivity contribution in [3.05, 3.63) is 35.9 Å². The maximum absolute atomic E-state index is 12.2. The van der Waals surface area contributed by atoms with E-state index in [-0.39, 0.29) is 26.0 Å². The molecule has 0 aliphatic carbocycles. The van der Waals surface area contributed by atoms with Gasteiger partial charge < -0.3 is 35.4 Å². The highest BCUT2D eigenvalue weighted by molar-refractivity contribution is 5.85. The van der Waals surface area contributed by atoms with E-state index in [1.165, 1.54) is 0 Å². The maximum atomic E-state index is 12.2. The lowest BCUT2D eigenvalue weighted by Gasteiger charge is -2.17. The van der Waals surface area contributed by atoms with Crippen LogP contribution in [0.1, 0.15) is 18.4 Å². The van der Waals surface area contributed by atoms with Crippen LogP contribution in [0.2, 0.25) is 0 Å². The van der Waals surface area contributed by atoms with E-state index in [0.29, 0.717) is 39.3 Å². The molecule has 156 valence electrons. The minimum absolute atomic E-state index is 0.0920. The van der Waals surface area contributed by atoms with Crippen LogP contribution in [0.3, 0.4) is 0 Å². The Morgan fingerprint density at radius 2 is 1.79 bits per heavy atom. The fraction of sp³-hybridized carbons (Fsp3) is 0.526. The number of nitrogens with two attached hydrogens (primary N) is 1. The van der Waals surface area contributed by atoms with E-state index in [2.05, 4.69) is 10.6 Å². The molecule has 0 bridgehead atoms. The molecular weight excluding hydrogens is 366 g/mol. The summed E-state index contributed by atoms with van der Waals surface area (Å²) in [6, 6.07) is 8.32. The summed E-state index contributed by atoms with van der Waals surface area (Å²) in [5.74, 6) is -0.401. The first kappa shape index (κ1) is 23.5. The molecule has 28 heavy (non-hydrogen) atoms. The standard InChI is InChI=1S/C19H29N3O6/c20-8-11-26-13-14-27-12-9-21-18(24)17(7-4-10-23)22-19(25)28-15-16-5-2-1-3-6-16/h1-3,5-6,10,17H,4,7-9,11-15,20H2,(H,21,24)(H,22,25). The molecule has 1 atom stereocenters. The topological polar surface area (TPSA) is 129 Å². The molecular formula is C19H29N3O6. The summed E-state index contributed by atoms with van der Waals surface area (Å²) < 4.78 is 15.6. The predicted octanol–water partition coefficient (Wildman–Crippen LogP) is 0.369. The number of alkyl carbamates (subject to hydrolysis) is 1. The number of hydrogen-bond acceptors (Lipinski definition) is 7. The van der Waals surface area contributed by atoms with Crippen LogP contribution in [0, 0.1) is 0 Å². The average molecular weight is 395 g/mol. The Kier molecular flexibility index (Phi) is 13.1. The van der Waals surface area contributed by atoms with Gasteiger partial charge in [-0.2, -0.15) is 0 Å². The molecule has 2 amide bonds. The number of benzene rings is 1. The molecule has 9 heteroatoms. The van der Waals surface area contributed by atoms with Crippen molar-refractivity contribution >= 4 is 18.3 Å². The van der Waals surface area contributed by atoms with Crippen molar-refractivity contribution in [3.63, 3.8) is 0 Å². The highest BCUT2D eigenvalue weighted by Crippen LogP contribution is 2.02. The Balaban J connectivity index is 2.30. The summed E-state index contributed by atoms with van der Waals surface area (Å²) in [4.78, 5) is 34.8. The lowest BCUT2D eigenvalue weighted by molar-refractivity contribution is -0.123. The second kappa shape index (κ2) is 15.6. The van der Waals surface area contributed by atoms with Crippen LogP contribution in [0.5, 0.6) is 0 Å². The largest absolute Gasteiger partial charge is 0.445 e. The fourth-order valence-corrected chi connectivity index (χ4v) is 2.19. The Hall–Kier alpha value is -2.49. The molecule has 4 N–H and O–H groups in total. The molecule has 9 nitrogen and oxygen atoms in total. The number of ether oxygens (including phenoxy) is 3. The van der Waals surface area contributed by atoms with Gasteiger partial charge in [0, 0.05) is 19.5 Å². The van der Waals surface area contributed by atoms with Crippen molar-refractivity contribution in [2.75, 3.05) is 39.5 Å². The molecule has 1 aromatic rings. The van der Waals surface area contributed by atoms with E-state index in [0.717, 1.165) is 5.56 Å². The summed E-state index contributed by atoms with van der Waals surface area (Å²) in [6.45, 7) is 2.43. The molecule has 0 saturated heterocycles. The second-order valence-corrected chi connectivity index (χ2v) is 5.81. The molecule has 0 saturated carbocycles. The number of amides is 2. The normalized spacial score (nSPS) is 11.5. The predicted molar refractivity (Wildman–Crippen MR) is 103 cm³/mol. The lowest BCUT2D eigenvalue weighted by Crippen LogP contribution is -2.47. The molecule has 0 fully saturated rings. The van der Waals surface area contributed by atoms with E-state index >= 15 is 0 Å². The van der Waals surface area contributed by atoms with Gasteiger partial charge in [0.25, 0.3) is 0 Å². The van der Waals surface area contributed by atoms with Crippen LogP contribution in [0.4, 0.5) is 4.79 Å². The van der Waals surface area contributed by atoms with Crippen molar-refractivity contribution in [2.45, 2.75) is 25.5 Å². The minimum atomic E-state index is -0.860. The van der Waals surface area contributed by atoms with Crippen molar-refractivity contribution in [1.82, 2.24) is 10.6 Å². The van der Waals surface area contributed by atoms with Gasteiger partial charge in [-0.1, -0.05) is 30.3 Å².